The van der Waals surface area contributed by atoms with Crippen LogP contribution in [0.3, 0.4) is 0 Å². The number of hydrogen-bond donors (Lipinski definition) is 1. The van der Waals surface area contributed by atoms with Crippen molar-refractivity contribution in [3.05, 3.63) is 72.2 Å². The summed E-state index contributed by atoms with van der Waals surface area (Å²) in [5.74, 6) is -0.240. The highest BCUT2D eigenvalue weighted by atomic mass is 16.3. The predicted octanol–water partition coefficient (Wildman–Crippen LogP) is 3.20. The van der Waals surface area contributed by atoms with Crippen molar-refractivity contribution in [3.63, 3.8) is 0 Å². The molecular formula is C16H12N2O2. The summed E-state index contributed by atoms with van der Waals surface area (Å²) in [5, 5.41) is 6.02. The molecular weight excluding hydrogens is 252 g/mol. The van der Waals surface area contributed by atoms with E-state index in [1.54, 1.807) is 24.7 Å². The van der Waals surface area contributed by atoms with E-state index in [0.717, 1.165) is 16.3 Å². The second-order valence-corrected chi connectivity index (χ2v) is 4.32. The number of hydrazone groups is 1. The van der Waals surface area contributed by atoms with Crippen LogP contribution in [0, 0.1) is 0 Å². The minimum atomic E-state index is -0.240. The van der Waals surface area contributed by atoms with Crippen LogP contribution in [0.4, 0.5) is 0 Å². The lowest BCUT2D eigenvalue weighted by atomic mass is 10.1. The average Bonchev–Trinajstić information content (AvgIpc) is 3.00. The van der Waals surface area contributed by atoms with Crippen molar-refractivity contribution in [2.24, 2.45) is 5.10 Å². The standard InChI is InChI=1S/C16H12N2O2/c19-16(18-17-10-12-7-8-20-11-12)15-6-5-13-3-1-2-4-14(13)9-15/h1-11H,(H,18,19). The summed E-state index contributed by atoms with van der Waals surface area (Å²) in [7, 11) is 0. The lowest BCUT2D eigenvalue weighted by molar-refractivity contribution is 0.0955. The van der Waals surface area contributed by atoms with Crippen LogP contribution in [0.25, 0.3) is 10.8 Å². The molecule has 1 N–H and O–H groups in total. The monoisotopic (exact) mass is 264 g/mol. The average molecular weight is 264 g/mol. The van der Waals surface area contributed by atoms with Gasteiger partial charge in [0.2, 0.25) is 0 Å². The molecule has 4 heteroatoms. The van der Waals surface area contributed by atoms with Crippen LogP contribution < -0.4 is 5.43 Å². The zero-order chi connectivity index (χ0) is 13.8. The van der Waals surface area contributed by atoms with Gasteiger partial charge in [-0.25, -0.2) is 5.43 Å². The van der Waals surface area contributed by atoms with E-state index in [0.29, 0.717) is 5.56 Å². The molecule has 0 radical (unpaired) electrons. The molecule has 1 heterocycles. The molecule has 0 bridgehead atoms. The van der Waals surface area contributed by atoms with Gasteiger partial charge in [0, 0.05) is 11.1 Å². The highest BCUT2D eigenvalue weighted by Crippen LogP contribution is 2.15. The van der Waals surface area contributed by atoms with Gasteiger partial charge in [-0.1, -0.05) is 30.3 Å². The van der Waals surface area contributed by atoms with E-state index in [2.05, 4.69) is 10.5 Å². The van der Waals surface area contributed by atoms with E-state index in [4.69, 9.17) is 4.42 Å². The summed E-state index contributed by atoms with van der Waals surface area (Å²) in [4.78, 5) is 12.0. The fourth-order valence-electron chi connectivity index (χ4n) is 1.91. The molecule has 3 rings (SSSR count). The summed E-state index contributed by atoms with van der Waals surface area (Å²) in [5.41, 5.74) is 3.86. The highest BCUT2D eigenvalue weighted by Gasteiger charge is 2.04. The largest absolute Gasteiger partial charge is 0.472 e. The number of carbonyl (C=O) groups excluding carboxylic acids is 1. The first-order valence-corrected chi connectivity index (χ1v) is 6.17. The Kier molecular flexibility index (Phi) is 3.29. The number of hydrogen-bond acceptors (Lipinski definition) is 3. The zero-order valence-corrected chi connectivity index (χ0v) is 10.6. The van der Waals surface area contributed by atoms with E-state index in [9.17, 15) is 4.79 Å². The maximum absolute atomic E-state index is 12.0. The lowest BCUT2D eigenvalue weighted by Gasteiger charge is -2.02. The second kappa shape index (κ2) is 5.40. The molecule has 0 unspecified atom stereocenters. The van der Waals surface area contributed by atoms with Gasteiger partial charge in [-0.15, -0.1) is 0 Å². The molecule has 0 aliphatic heterocycles. The molecule has 4 nitrogen and oxygen atoms in total. The van der Waals surface area contributed by atoms with Gasteiger partial charge < -0.3 is 4.42 Å². The maximum atomic E-state index is 12.0. The van der Waals surface area contributed by atoms with Crippen molar-refractivity contribution in [2.45, 2.75) is 0 Å². The van der Waals surface area contributed by atoms with E-state index < -0.39 is 0 Å². The van der Waals surface area contributed by atoms with Crippen LogP contribution in [-0.2, 0) is 0 Å². The van der Waals surface area contributed by atoms with Crippen LogP contribution in [0.2, 0.25) is 0 Å². The molecule has 0 atom stereocenters. The van der Waals surface area contributed by atoms with E-state index in [1.807, 2.05) is 36.4 Å². The van der Waals surface area contributed by atoms with Crippen molar-refractivity contribution in [3.8, 4) is 0 Å². The third kappa shape index (κ3) is 2.59. The molecule has 98 valence electrons. The first-order chi connectivity index (χ1) is 9.83. The molecule has 0 aliphatic carbocycles. The molecule has 1 aromatic heterocycles. The summed E-state index contributed by atoms with van der Waals surface area (Å²) in [6.07, 6.45) is 4.63. The first-order valence-electron chi connectivity index (χ1n) is 6.17. The first kappa shape index (κ1) is 12.2. The van der Waals surface area contributed by atoms with Gasteiger partial charge in [0.15, 0.2) is 0 Å². The number of fused-ring (bicyclic) bond motifs is 1. The van der Waals surface area contributed by atoms with Crippen LogP contribution >= 0.6 is 0 Å². The van der Waals surface area contributed by atoms with Crippen molar-refractivity contribution < 1.29 is 9.21 Å². The second-order valence-electron chi connectivity index (χ2n) is 4.32. The predicted molar refractivity (Wildman–Crippen MR) is 77.7 cm³/mol. The molecule has 0 fully saturated rings. The number of amides is 1. The Morgan fingerprint density at radius 3 is 2.75 bits per heavy atom. The Labute approximate surface area is 115 Å². The Balaban J connectivity index is 1.75. The molecule has 0 saturated heterocycles. The van der Waals surface area contributed by atoms with Gasteiger partial charge >= 0.3 is 0 Å². The van der Waals surface area contributed by atoms with E-state index in [1.165, 1.54) is 6.21 Å². The topological polar surface area (TPSA) is 54.6 Å². The zero-order valence-electron chi connectivity index (χ0n) is 10.6. The van der Waals surface area contributed by atoms with Gasteiger partial charge in [0.05, 0.1) is 18.7 Å². The fourth-order valence-corrected chi connectivity index (χ4v) is 1.91. The quantitative estimate of drug-likeness (QED) is 0.583. The Bertz CT molecular complexity index is 761. The molecule has 1 amide bonds. The normalized spacial score (nSPS) is 11.0. The molecule has 2 aromatic carbocycles. The summed E-state index contributed by atoms with van der Waals surface area (Å²) in [6.45, 7) is 0. The van der Waals surface area contributed by atoms with E-state index >= 15 is 0 Å². The number of rotatable bonds is 3. The number of benzene rings is 2. The van der Waals surface area contributed by atoms with Gasteiger partial charge in [-0.05, 0) is 29.0 Å². The van der Waals surface area contributed by atoms with Gasteiger partial charge in [0.1, 0.15) is 0 Å². The summed E-state index contributed by atoms with van der Waals surface area (Å²) < 4.78 is 4.90. The molecule has 20 heavy (non-hydrogen) atoms. The third-order valence-electron chi connectivity index (χ3n) is 2.93. The minimum Gasteiger partial charge on any atom is -0.472 e. The van der Waals surface area contributed by atoms with Crippen molar-refractivity contribution in [1.82, 2.24) is 5.43 Å². The van der Waals surface area contributed by atoms with Gasteiger partial charge in [0.25, 0.3) is 5.91 Å². The Hall–Kier alpha value is -2.88. The van der Waals surface area contributed by atoms with Crippen molar-refractivity contribution in [2.75, 3.05) is 0 Å². The Morgan fingerprint density at radius 1 is 1.10 bits per heavy atom. The summed E-state index contributed by atoms with van der Waals surface area (Å²) >= 11 is 0. The van der Waals surface area contributed by atoms with Crippen LogP contribution in [-0.4, -0.2) is 12.1 Å². The minimum absolute atomic E-state index is 0.240. The third-order valence-corrected chi connectivity index (χ3v) is 2.93. The van der Waals surface area contributed by atoms with Crippen LogP contribution in [0.5, 0.6) is 0 Å². The number of carbonyl (C=O) groups is 1. The SMILES string of the molecule is O=C(NN=Cc1ccoc1)c1ccc2ccccc2c1. The number of furan rings is 1. The molecule has 0 spiro atoms. The maximum Gasteiger partial charge on any atom is 0.271 e. The molecule has 0 aliphatic rings. The molecule has 0 saturated carbocycles. The summed E-state index contributed by atoms with van der Waals surface area (Å²) in [6, 6.07) is 15.2. The Morgan fingerprint density at radius 2 is 1.95 bits per heavy atom. The van der Waals surface area contributed by atoms with Crippen LogP contribution in [0.15, 0.2) is 70.6 Å². The molecule has 3 aromatic rings. The highest BCUT2D eigenvalue weighted by molar-refractivity contribution is 5.98. The number of nitrogens with zero attached hydrogens (tertiary/aromatic N) is 1. The van der Waals surface area contributed by atoms with Crippen molar-refractivity contribution in [1.29, 1.82) is 0 Å². The van der Waals surface area contributed by atoms with Crippen LogP contribution in [0.1, 0.15) is 15.9 Å². The fraction of sp³-hybridized carbons (Fsp3) is 0. The smallest absolute Gasteiger partial charge is 0.271 e. The van der Waals surface area contributed by atoms with Gasteiger partial charge in [-0.3, -0.25) is 4.79 Å². The van der Waals surface area contributed by atoms with E-state index in [-0.39, 0.29) is 5.91 Å². The number of nitrogens with one attached hydrogen (secondary N) is 1. The van der Waals surface area contributed by atoms with Crippen molar-refractivity contribution >= 4 is 22.9 Å². The van der Waals surface area contributed by atoms with Gasteiger partial charge in [-0.2, -0.15) is 5.10 Å². The lowest BCUT2D eigenvalue weighted by Crippen LogP contribution is -2.17.